The lowest BCUT2D eigenvalue weighted by Crippen LogP contribution is -2.36. The SMILES string of the molecule is CCC(CNc1ccc(C(=O)N2CCCCC2)c(F)c1)c1cccs1. The summed E-state index contributed by atoms with van der Waals surface area (Å²) >= 11 is 1.75. The fourth-order valence-electron chi connectivity index (χ4n) is 3.28. The molecule has 2 heterocycles. The Kier molecular flexibility index (Phi) is 6.08. The molecule has 1 unspecified atom stereocenters. The van der Waals surface area contributed by atoms with E-state index in [1.807, 2.05) is 0 Å². The van der Waals surface area contributed by atoms with Crippen molar-refractivity contribution < 1.29 is 9.18 Å². The van der Waals surface area contributed by atoms with Crippen molar-refractivity contribution in [2.24, 2.45) is 0 Å². The van der Waals surface area contributed by atoms with Gasteiger partial charge in [-0.3, -0.25) is 4.79 Å². The van der Waals surface area contributed by atoms with Crippen LogP contribution in [0.1, 0.15) is 53.8 Å². The van der Waals surface area contributed by atoms with E-state index in [2.05, 4.69) is 29.8 Å². The highest BCUT2D eigenvalue weighted by molar-refractivity contribution is 7.10. The molecule has 1 fully saturated rings. The molecule has 1 atom stereocenters. The first-order chi connectivity index (χ1) is 12.2. The average molecular weight is 360 g/mol. The molecule has 0 aliphatic carbocycles. The van der Waals surface area contributed by atoms with Crippen LogP contribution in [0.5, 0.6) is 0 Å². The fourth-order valence-corrected chi connectivity index (χ4v) is 4.19. The number of halogens is 1. The second kappa shape index (κ2) is 8.48. The second-order valence-electron chi connectivity index (χ2n) is 6.55. The van der Waals surface area contributed by atoms with E-state index in [0.717, 1.165) is 51.0 Å². The molecule has 1 aromatic carbocycles. The van der Waals surface area contributed by atoms with Gasteiger partial charge < -0.3 is 10.2 Å². The third kappa shape index (κ3) is 4.40. The number of likely N-dealkylation sites (tertiary alicyclic amines) is 1. The van der Waals surface area contributed by atoms with Gasteiger partial charge in [0.15, 0.2) is 0 Å². The van der Waals surface area contributed by atoms with Gasteiger partial charge in [-0.15, -0.1) is 11.3 Å². The zero-order valence-corrected chi connectivity index (χ0v) is 15.4. The summed E-state index contributed by atoms with van der Waals surface area (Å²) in [5, 5.41) is 5.39. The predicted octanol–water partition coefficient (Wildman–Crippen LogP) is 5.12. The highest BCUT2D eigenvalue weighted by atomic mass is 32.1. The quantitative estimate of drug-likeness (QED) is 0.775. The maximum atomic E-state index is 14.4. The van der Waals surface area contributed by atoms with Crippen LogP contribution >= 0.6 is 11.3 Å². The van der Waals surface area contributed by atoms with Crippen molar-refractivity contribution >= 4 is 22.9 Å². The van der Waals surface area contributed by atoms with Crippen molar-refractivity contribution in [1.82, 2.24) is 4.90 Å². The first kappa shape index (κ1) is 17.9. The van der Waals surface area contributed by atoms with E-state index in [9.17, 15) is 9.18 Å². The Balaban J connectivity index is 1.64. The van der Waals surface area contributed by atoms with Crippen LogP contribution in [-0.2, 0) is 0 Å². The lowest BCUT2D eigenvalue weighted by atomic mass is 10.0. The van der Waals surface area contributed by atoms with Crippen molar-refractivity contribution in [2.75, 3.05) is 25.0 Å². The first-order valence-corrected chi connectivity index (χ1v) is 9.93. The highest BCUT2D eigenvalue weighted by Gasteiger charge is 2.21. The molecule has 1 aliphatic heterocycles. The third-order valence-corrected chi connectivity index (χ3v) is 5.87. The number of amides is 1. The Morgan fingerprint density at radius 1 is 1.28 bits per heavy atom. The molecule has 3 rings (SSSR count). The molecule has 1 aromatic heterocycles. The summed E-state index contributed by atoms with van der Waals surface area (Å²) in [6, 6.07) is 9.06. The molecule has 0 radical (unpaired) electrons. The average Bonchev–Trinajstić information content (AvgIpc) is 3.17. The molecule has 1 aliphatic rings. The number of thiophene rings is 1. The van der Waals surface area contributed by atoms with Gasteiger partial charge in [-0.2, -0.15) is 0 Å². The fraction of sp³-hybridized carbons (Fsp3) is 0.450. The van der Waals surface area contributed by atoms with Crippen molar-refractivity contribution in [3.8, 4) is 0 Å². The molecule has 1 saturated heterocycles. The maximum Gasteiger partial charge on any atom is 0.256 e. The topological polar surface area (TPSA) is 32.3 Å². The number of hydrogen-bond donors (Lipinski definition) is 1. The Morgan fingerprint density at radius 3 is 2.72 bits per heavy atom. The van der Waals surface area contributed by atoms with Gasteiger partial charge in [0.1, 0.15) is 5.82 Å². The summed E-state index contributed by atoms with van der Waals surface area (Å²) in [6.45, 7) is 4.39. The number of piperidine rings is 1. The van der Waals surface area contributed by atoms with E-state index in [4.69, 9.17) is 0 Å². The van der Waals surface area contributed by atoms with Crippen LogP contribution in [0.25, 0.3) is 0 Å². The van der Waals surface area contributed by atoms with Crippen LogP contribution in [0.15, 0.2) is 35.7 Å². The zero-order valence-electron chi connectivity index (χ0n) is 14.6. The Morgan fingerprint density at radius 2 is 2.08 bits per heavy atom. The van der Waals surface area contributed by atoms with Gasteiger partial charge in [0, 0.05) is 36.1 Å². The monoisotopic (exact) mass is 360 g/mol. The van der Waals surface area contributed by atoms with Crippen LogP contribution in [-0.4, -0.2) is 30.4 Å². The van der Waals surface area contributed by atoms with Crippen molar-refractivity contribution in [2.45, 2.75) is 38.5 Å². The molecule has 0 spiro atoms. The van der Waals surface area contributed by atoms with Crippen LogP contribution in [0.2, 0.25) is 0 Å². The minimum absolute atomic E-state index is 0.178. The van der Waals surface area contributed by atoms with Gasteiger partial charge in [0.2, 0.25) is 0 Å². The van der Waals surface area contributed by atoms with Gasteiger partial charge in [0.05, 0.1) is 5.56 Å². The predicted molar refractivity (Wildman–Crippen MR) is 102 cm³/mol. The standard InChI is InChI=1S/C20H25FN2OS/c1-2-15(19-7-6-12-25-19)14-22-16-8-9-17(18(21)13-16)20(24)23-10-4-3-5-11-23/h6-9,12-13,15,22H,2-5,10-11,14H2,1H3. The lowest BCUT2D eigenvalue weighted by molar-refractivity contribution is 0.0719. The molecule has 5 heteroatoms. The van der Waals surface area contributed by atoms with E-state index in [1.165, 1.54) is 10.9 Å². The number of anilines is 1. The number of benzene rings is 1. The van der Waals surface area contributed by atoms with Gasteiger partial charge >= 0.3 is 0 Å². The molecule has 25 heavy (non-hydrogen) atoms. The Labute approximate surface area is 152 Å². The van der Waals surface area contributed by atoms with Crippen LogP contribution < -0.4 is 5.32 Å². The van der Waals surface area contributed by atoms with E-state index < -0.39 is 5.82 Å². The summed E-state index contributed by atoms with van der Waals surface area (Å²) in [7, 11) is 0. The zero-order chi connectivity index (χ0) is 17.6. The number of nitrogens with one attached hydrogen (secondary N) is 1. The number of rotatable bonds is 6. The minimum atomic E-state index is -0.440. The summed E-state index contributed by atoms with van der Waals surface area (Å²) in [5.74, 6) is -0.212. The van der Waals surface area contributed by atoms with Gasteiger partial charge in [0.25, 0.3) is 5.91 Å². The highest BCUT2D eigenvalue weighted by Crippen LogP contribution is 2.25. The van der Waals surface area contributed by atoms with Gasteiger partial charge in [-0.1, -0.05) is 13.0 Å². The molecular formula is C20H25FN2OS. The smallest absolute Gasteiger partial charge is 0.256 e. The van der Waals surface area contributed by atoms with E-state index in [0.29, 0.717) is 5.92 Å². The summed E-state index contributed by atoms with van der Waals surface area (Å²) < 4.78 is 14.4. The van der Waals surface area contributed by atoms with Gasteiger partial charge in [-0.25, -0.2) is 4.39 Å². The van der Waals surface area contributed by atoms with Crippen molar-refractivity contribution in [3.05, 3.63) is 52.0 Å². The molecule has 134 valence electrons. The molecule has 0 saturated carbocycles. The van der Waals surface area contributed by atoms with Crippen molar-refractivity contribution in [3.63, 3.8) is 0 Å². The Bertz CT molecular complexity index is 696. The molecule has 0 bridgehead atoms. The normalized spacial score (nSPS) is 15.8. The number of carbonyl (C=O) groups is 1. The lowest BCUT2D eigenvalue weighted by Gasteiger charge is -2.27. The Hall–Kier alpha value is -1.88. The largest absolute Gasteiger partial charge is 0.384 e. The second-order valence-corrected chi connectivity index (χ2v) is 7.53. The molecule has 3 nitrogen and oxygen atoms in total. The molecule has 1 N–H and O–H groups in total. The summed E-state index contributed by atoms with van der Waals surface area (Å²) in [4.78, 5) is 15.6. The van der Waals surface area contributed by atoms with Crippen LogP contribution in [0, 0.1) is 5.82 Å². The maximum absolute atomic E-state index is 14.4. The van der Waals surface area contributed by atoms with Crippen LogP contribution in [0.4, 0.5) is 10.1 Å². The minimum Gasteiger partial charge on any atom is -0.384 e. The number of hydrogen-bond acceptors (Lipinski definition) is 3. The number of nitrogens with zero attached hydrogens (tertiary/aromatic N) is 1. The summed E-state index contributed by atoms with van der Waals surface area (Å²) in [5.41, 5.74) is 0.903. The molecular weight excluding hydrogens is 335 g/mol. The first-order valence-electron chi connectivity index (χ1n) is 9.05. The van der Waals surface area contributed by atoms with Crippen molar-refractivity contribution in [1.29, 1.82) is 0 Å². The summed E-state index contributed by atoms with van der Waals surface area (Å²) in [6.07, 6.45) is 4.20. The number of carbonyl (C=O) groups excluding carboxylic acids is 1. The third-order valence-electron chi connectivity index (χ3n) is 4.83. The molecule has 2 aromatic rings. The van der Waals surface area contributed by atoms with Crippen LogP contribution in [0.3, 0.4) is 0 Å². The van der Waals surface area contributed by atoms with E-state index >= 15 is 0 Å². The van der Waals surface area contributed by atoms with E-state index in [1.54, 1.807) is 28.4 Å². The van der Waals surface area contributed by atoms with Gasteiger partial charge in [-0.05, 0) is 55.3 Å². The van der Waals surface area contributed by atoms with E-state index in [-0.39, 0.29) is 11.5 Å². The molecule has 1 amide bonds.